The molecule has 2 nitrogen and oxygen atoms in total. The molecule has 2 saturated carbocycles. The van der Waals surface area contributed by atoms with Gasteiger partial charge < -0.3 is 5.73 Å². The smallest absolute Gasteiger partial charge is 0.0362 e. The Morgan fingerprint density at radius 2 is 1.82 bits per heavy atom. The molecule has 0 aromatic rings. The summed E-state index contributed by atoms with van der Waals surface area (Å²) in [6.07, 6.45) is 7.20. The molecule has 3 rings (SSSR count). The normalized spacial score (nSPS) is 51.0. The second-order valence-electron chi connectivity index (χ2n) is 7.24. The number of hydrogen-bond acceptors (Lipinski definition) is 2. The molecule has 98 valence electrons. The quantitative estimate of drug-likeness (QED) is 0.798. The number of nitrogens with zero attached hydrogens (tertiary/aromatic N) is 1. The Kier molecular flexibility index (Phi) is 2.99. The van der Waals surface area contributed by atoms with Crippen molar-refractivity contribution in [1.29, 1.82) is 0 Å². The van der Waals surface area contributed by atoms with Crippen LogP contribution in [0.5, 0.6) is 0 Å². The fourth-order valence-electron chi connectivity index (χ4n) is 5.21. The average molecular weight is 236 g/mol. The van der Waals surface area contributed by atoms with Crippen molar-refractivity contribution < 1.29 is 0 Å². The van der Waals surface area contributed by atoms with Crippen molar-refractivity contribution in [2.45, 2.75) is 51.5 Å². The van der Waals surface area contributed by atoms with Gasteiger partial charge in [0, 0.05) is 25.2 Å². The fraction of sp³-hybridized carbons (Fsp3) is 1.00. The molecular formula is C15H28N2. The van der Waals surface area contributed by atoms with E-state index >= 15 is 0 Å². The number of hydrogen-bond donors (Lipinski definition) is 1. The number of nitrogens with two attached hydrogens (primary N) is 1. The van der Waals surface area contributed by atoms with Gasteiger partial charge >= 0.3 is 0 Å². The summed E-state index contributed by atoms with van der Waals surface area (Å²) in [6.45, 7) is 8.32. The minimum Gasteiger partial charge on any atom is -0.329 e. The highest BCUT2D eigenvalue weighted by Crippen LogP contribution is 2.53. The van der Waals surface area contributed by atoms with E-state index in [4.69, 9.17) is 5.73 Å². The Morgan fingerprint density at radius 1 is 1.12 bits per heavy atom. The van der Waals surface area contributed by atoms with Crippen LogP contribution in [0.25, 0.3) is 0 Å². The molecule has 0 aromatic carbocycles. The van der Waals surface area contributed by atoms with Crippen LogP contribution in [0.3, 0.4) is 0 Å². The van der Waals surface area contributed by atoms with Crippen LogP contribution >= 0.6 is 0 Å². The molecule has 2 bridgehead atoms. The maximum Gasteiger partial charge on any atom is 0.0362 e. The first kappa shape index (κ1) is 12.0. The maximum absolute atomic E-state index is 6.24. The van der Waals surface area contributed by atoms with Crippen LogP contribution in [0.4, 0.5) is 0 Å². The van der Waals surface area contributed by atoms with Crippen molar-refractivity contribution in [2.24, 2.45) is 29.4 Å². The van der Waals surface area contributed by atoms with Crippen LogP contribution in [-0.2, 0) is 0 Å². The SMILES string of the molecule is CC1CC(C)CN(C2(CN)CC3CCC2C3)C1. The van der Waals surface area contributed by atoms with Crippen LogP contribution < -0.4 is 5.73 Å². The molecule has 5 atom stereocenters. The molecule has 1 aliphatic heterocycles. The van der Waals surface area contributed by atoms with E-state index in [-0.39, 0.29) is 0 Å². The van der Waals surface area contributed by atoms with Crippen LogP contribution in [0.15, 0.2) is 0 Å². The van der Waals surface area contributed by atoms with Gasteiger partial charge in [-0.15, -0.1) is 0 Å². The molecule has 2 aliphatic carbocycles. The van der Waals surface area contributed by atoms with Gasteiger partial charge in [0.1, 0.15) is 0 Å². The van der Waals surface area contributed by atoms with Crippen molar-refractivity contribution in [3.8, 4) is 0 Å². The lowest BCUT2D eigenvalue weighted by Crippen LogP contribution is -2.60. The summed E-state index contributed by atoms with van der Waals surface area (Å²) in [5, 5.41) is 0. The van der Waals surface area contributed by atoms with Crippen molar-refractivity contribution in [3.05, 3.63) is 0 Å². The Bertz CT molecular complexity index is 281. The highest BCUT2D eigenvalue weighted by Gasteiger charge is 2.53. The molecule has 2 N–H and O–H groups in total. The lowest BCUT2D eigenvalue weighted by molar-refractivity contribution is -0.00650. The zero-order valence-electron chi connectivity index (χ0n) is 11.5. The number of fused-ring (bicyclic) bond motifs is 2. The van der Waals surface area contributed by atoms with Gasteiger partial charge in [-0.1, -0.05) is 20.3 Å². The first-order valence-electron chi connectivity index (χ1n) is 7.59. The highest BCUT2D eigenvalue weighted by molar-refractivity contribution is 5.09. The van der Waals surface area contributed by atoms with Crippen LogP contribution in [0.1, 0.15) is 46.0 Å². The topological polar surface area (TPSA) is 29.3 Å². The molecular weight excluding hydrogens is 208 g/mol. The van der Waals surface area contributed by atoms with E-state index in [9.17, 15) is 0 Å². The van der Waals surface area contributed by atoms with Crippen molar-refractivity contribution >= 4 is 0 Å². The average Bonchev–Trinajstić information content (AvgIpc) is 2.87. The van der Waals surface area contributed by atoms with Gasteiger partial charge in [-0.3, -0.25) is 4.90 Å². The predicted molar refractivity (Wildman–Crippen MR) is 71.8 cm³/mol. The molecule has 17 heavy (non-hydrogen) atoms. The Labute approximate surface area is 106 Å². The van der Waals surface area contributed by atoms with Crippen LogP contribution in [0.2, 0.25) is 0 Å². The monoisotopic (exact) mass is 236 g/mol. The molecule has 0 aromatic heterocycles. The zero-order valence-corrected chi connectivity index (χ0v) is 11.5. The molecule has 0 radical (unpaired) electrons. The molecule has 0 amide bonds. The van der Waals surface area contributed by atoms with Crippen molar-refractivity contribution in [2.75, 3.05) is 19.6 Å². The van der Waals surface area contributed by atoms with E-state index in [1.54, 1.807) is 0 Å². The van der Waals surface area contributed by atoms with Gasteiger partial charge in [-0.25, -0.2) is 0 Å². The molecule has 2 heteroatoms. The highest BCUT2D eigenvalue weighted by atomic mass is 15.2. The Morgan fingerprint density at radius 3 is 2.29 bits per heavy atom. The third-order valence-electron chi connectivity index (χ3n) is 5.80. The molecule has 1 heterocycles. The lowest BCUT2D eigenvalue weighted by atomic mass is 9.76. The molecule has 5 unspecified atom stereocenters. The van der Waals surface area contributed by atoms with E-state index < -0.39 is 0 Å². The van der Waals surface area contributed by atoms with Gasteiger partial charge in [0.15, 0.2) is 0 Å². The largest absolute Gasteiger partial charge is 0.329 e. The first-order valence-corrected chi connectivity index (χ1v) is 7.59. The van der Waals surface area contributed by atoms with Crippen LogP contribution in [0, 0.1) is 23.7 Å². The second-order valence-corrected chi connectivity index (χ2v) is 7.24. The maximum atomic E-state index is 6.24. The standard InChI is InChI=1S/C15H28N2/c1-11-5-12(2)9-17(8-11)15(10-16)7-13-3-4-14(15)6-13/h11-14H,3-10,16H2,1-2H3. The third kappa shape index (κ3) is 1.84. The minimum atomic E-state index is 0.395. The van der Waals surface area contributed by atoms with E-state index in [1.165, 1.54) is 45.2 Å². The van der Waals surface area contributed by atoms with Gasteiger partial charge in [0.25, 0.3) is 0 Å². The van der Waals surface area contributed by atoms with Crippen LogP contribution in [-0.4, -0.2) is 30.1 Å². The van der Waals surface area contributed by atoms with Crippen molar-refractivity contribution in [1.82, 2.24) is 4.90 Å². The Hall–Kier alpha value is -0.0800. The summed E-state index contributed by atoms with van der Waals surface area (Å²) in [7, 11) is 0. The van der Waals surface area contributed by atoms with Gasteiger partial charge in [-0.05, 0) is 49.4 Å². The van der Waals surface area contributed by atoms with E-state index in [1.807, 2.05) is 0 Å². The number of likely N-dealkylation sites (tertiary alicyclic amines) is 1. The second kappa shape index (κ2) is 4.24. The fourth-order valence-corrected chi connectivity index (χ4v) is 5.21. The lowest BCUT2D eigenvalue weighted by Gasteiger charge is -2.51. The molecule has 0 spiro atoms. The Balaban J connectivity index is 1.81. The van der Waals surface area contributed by atoms with E-state index in [0.29, 0.717) is 5.54 Å². The molecule has 3 fully saturated rings. The van der Waals surface area contributed by atoms with E-state index in [2.05, 4.69) is 18.7 Å². The predicted octanol–water partition coefficient (Wildman–Crippen LogP) is 2.48. The summed E-state index contributed by atoms with van der Waals surface area (Å²) in [5.41, 5.74) is 6.63. The first-order chi connectivity index (χ1) is 8.14. The number of rotatable bonds is 2. The summed E-state index contributed by atoms with van der Waals surface area (Å²) >= 11 is 0. The number of piperidine rings is 1. The van der Waals surface area contributed by atoms with Crippen molar-refractivity contribution in [3.63, 3.8) is 0 Å². The summed E-state index contributed by atoms with van der Waals surface area (Å²) < 4.78 is 0. The summed E-state index contributed by atoms with van der Waals surface area (Å²) in [5.74, 6) is 3.63. The summed E-state index contributed by atoms with van der Waals surface area (Å²) in [6, 6.07) is 0. The van der Waals surface area contributed by atoms with Gasteiger partial charge in [0.2, 0.25) is 0 Å². The minimum absolute atomic E-state index is 0.395. The third-order valence-corrected chi connectivity index (χ3v) is 5.80. The molecule has 1 saturated heterocycles. The van der Waals surface area contributed by atoms with E-state index in [0.717, 1.165) is 30.2 Å². The summed E-state index contributed by atoms with van der Waals surface area (Å²) in [4.78, 5) is 2.80. The van der Waals surface area contributed by atoms with Gasteiger partial charge in [-0.2, -0.15) is 0 Å². The zero-order chi connectivity index (χ0) is 12.0. The molecule has 3 aliphatic rings. The van der Waals surface area contributed by atoms with Gasteiger partial charge in [0.05, 0.1) is 0 Å².